The molecule has 2 aliphatic heterocycles. The topological polar surface area (TPSA) is 70.8 Å². The van der Waals surface area contributed by atoms with Crippen molar-refractivity contribution < 1.29 is 9.53 Å². The lowest BCUT2D eigenvalue weighted by Gasteiger charge is -2.37. The van der Waals surface area contributed by atoms with E-state index in [1.807, 2.05) is 20.0 Å². The number of hydrogen-bond donors (Lipinski definition) is 2. The van der Waals surface area contributed by atoms with E-state index in [1.54, 1.807) is 0 Å². The van der Waals surface area contributed by atoms with E-state index in [1.165, 1.54) is 18.5 Å². The summed E-state index contributed by atoms with van der Waals surface area (Å²) in [5.74, 6) is -0.373. The molecule has 3 N–H and O–H groups in total. The molecule has 1 amide bonds. The molecule has 0 aromatic heterocycles. The molecule has 0 aliphatic carbocycles. The number of anilines is 2. The number of nitrogens with two attached hydrogens (primary N) is 1. The van der Waals surface area contributed by atoms with E-state index in [0.29, 0.717) is 17.6 Å². The second kappa shape index (κ2) is 10.6. The van der Waals surface area contributed by atoms with E-state index >= 15 is 0 Å². The van der Waals surface area contributed by atoms with Crippen molar-refractivity contribution in [1.29, 1.82) is 0 Å². The molecule has 0 spiro atoms. The van der Waals surface area contributed by atoms with Gasteiger partial charge in [-0.1, -0.05) is 12.1 Å². The SMILES string of the molecule is CCN(c1cc(-c2ccc(N3CCC(NC)CC3)cc2)cc(C(N)=O)c1C)C1CCOCC1. The lowest BCUT2D eigenvalue weighted by Crippen LogP contribution is -2.41. The van der Waals surface area contributed by atoms with Crippen LogP contribution in [0.1, 0.15) is 48.5 Å². The van der Waals surface area contributed by atoms with Crippen molar-refractivity contribution in [1.82, 2.24) is 5.32 Å². The lowest BCUT2D eigenvalue weighted by molar-refractivity contribution is 0.0846. The van der Waals surface area contributed by atoms with Crippen molar-refractivity contribution in [2.24, 2.45) is 5.73 Å². The highest BCUT2D eigenvalue weighted by atomic mass is 16.5. The second-order valence-electron chi connectivity index (χ2n) is 9.26. The third-order valence-electron chi connectivity index (χ3n) is 7.40. The highest BCUT2D eigenvalue weighted by Crippen LogP contribution is 2.34. The number of carbonyl (C=O) groups is 1. The number of amides is 1. The molecule has 2 heterocycles. The molecule has 0 bridgehead atoms. The van der Waals surface area contributed by atoms with Gasteiger partial charge >= 0.3 is 0 Å². The summed E-state index contributed by atoms with van der Waals surface area (Å²) in [5.41, 5.74) is 11.9. The first-order chi connectivity index (χ1) is 16.0. The maximum Gasteiger partial charge on any atom is 0.249 e. The van der Waals surface area contributed by atoms with Crippen LogP contribution in [-0.2, 0) is 4.74 Å². The van der Waals surface area contributed by atoms with E-state index in [2.05, 4.69) is 52.4 Å². The van der Waals surface area contributed by atoms with Crippen LogP contribution in [0.5, 0.6) is 0 Å². The molecule has 0 atom stereocenters. The molecule has 6 nitrogen and oxygen atoms in total. The summed E-state index contributed by atoms with van der Waals surface area (Å²) in [7, 11) is 2.05. The summed E-state index contributed by atoms with van der Waals surface area (Å²) >= 11 is 0. The molecule has 2 aliphatic rings. The fraction of sp³-hybridized carbons (Fsp3) is 0.519. The van der Waals surface area contributed by atoms with Crippen LogP contribution in [0.3, 0.4) is 0 Å². The van der Waals surface area contributed by atoms with Crippen molar-refractivity contribution in [2.45, 2.75) is 51.6 Å². The van der Waals surface area contributed by atoms with Crippen molar-refractivity contribution >= 4 is 17.3 Å². The number of nitrogens with zero attached hydrogens (tertiary/aromatic N) is 2. The Bertz CT molecular complexity index is 945. The second-order valence-corrected chi connectivity index (χ2v) is 9.26. The van der Waals surface area contributed by atoms with Gasteiger partial charge in [-0.05, 0) is 87.5 Å². The smallest absolute Gasteiger partial charge is 0.249 e. The third-order valence-corrected chi connectivity index (χ3v) is 7.40. The van der Waals surface area contributed by atoms with Gasteiger partial charge in [0.05, 0.1) is 0 Å². The summed E-state index contributed by atoms with van der Waals surface area (Å²) in [6.07, 6.45) is 4.34. The van der Waals surface area contributed by atoms with Gasteiger partial charge in [-0.25, -0.2) is 0 Å². The lowest BCUT2D eigenvalue weighted by atomic mass is 9.95. The minimum Gasteiger partial charge on any atom is -0.381 e. The molecule has 33 heavy (non-hydrogen) atoms. The predicted octanol–water partition coefficient (Wildman–Crippen LogP) is 3.95. The maximum absolute atomic E-state index is 12.3. The van der Waals surface area contributed by atoms with Gasteiger partial charge in [0.1, 0.15) is 0 Å². The zero-order valence-electron chi connectivity index (χ0n) is 20.3. The standard InChI is InChI=1S/C27H38N4O2/c1-4-31(24-11-15-33-16-12-24)26-18-21(17-25(19(26)2)27(28)32)20-5-7-23(8-6-20)30-13-9-22(29-3)10-14-30/h5-8,17-18,22,24,29H,4,9-16H2,1-3H3,(H2,28,32). The monoisotopic (exact) mass is 450 g/mol. The first-order valence-corrected chi connectivity index (χ1v) is 12.3. The fourth-order valence-corrected chi connectivity index (χ4v) is 5.33. The molecule has 2 aromatic rings. The minimum absolute atomic E-state index is 0.373. The Labute approximate surface area is 198 Å². The quantitative estimate of drug-likeness (QED) is 0.668. The van der Waals surface area contributed by atoms with Gasteiger partial charge in [-0.3, -0.25) is 4.79 Å². The molecular weight excluding hydrogens is 412 g/mol. The molecule has 6 heteroatoms. The molecule has 0 saturated carbocycles. The normalized spacial score (nSPS) is 17.8. The number of nitrogens with one attached hydrogen (secondary N) is 1. The van der Waals surface area contributed by atoms with Crippen LogP contribution >= 0.6 is 0 Å². The Balaban J connectivity index is 1.64. The van der Waals surface area contributed by atoms with Gasteiger partial charge in [0, 0.05) is 61.9 Å². The molecule has 0 unspecified atom stereocenters. The van der Waals surface area contributed by atoms with Gasteiger partial charge in [0.25, 0.3) is 0 Å². The summed E-state index contributed by atoms with van der Waals surface area (Å²) in [4.78, 5) is 17.2. The van der Waals surface area contributed by atoms with Crippen LogP contribution in [0.15, 0.2) is 36.4 Å². The molecule has 2 saturated heterocycles. The van der Waals surface area contributed by atoms with Gasteiger partial charge in [0.15, 0.2) is 0 Å². The summed E-state index contributed by atoms with van der Waals surface area (Å²) in [6, 6.07) is 14.0. The average molecular weight is 451 g/mol. The first-order valence-electron chi connectivity index (χ1n) is 12.3. The van der Waals surface area contributed by atoms with Gasteiger partial charge < -0.3 is 25.6 Å². The molecule has 0 radical (unpaired) electrons. The van der Waals surface area contributed by atoms with Gasteiger partial charge in [-0.2, -0.15) is 0 Å². The van der Waals surface area contributed by atoms with E-state index in [0.717, 1.165) is 68.1 Å². The Hall–Kier alpha value is -2.57. The minimum atomic E-state index is -0.373. The number of ether oxygens (including phenoxy) is 1. The highest BCUT2D eigenvalue weighted by molar-refractivity contribution is 5.97. The predicted molar refractivity (Wildman–Crippen MR) is 136 cm³/mol. The number of primary amides is 1. The van der Waals surface area contributed by atoms with E-state index in [9.17, 15) is 4.79 Å². The van der Waals surface area contributed by atoms with Crippen LogP contribution in [-0.4, -0.2) is 57.9 Å². The van der Waals surface area contributed by atoms with Crippen LogP contribution in [0, 0.1) is 6.92 Å². The van der Waals surface area contributed by atoms with Crippen molar-refractivity contribution in [3.63, 3.8) is 0 Å². The molecule has 4 rings (SSSR count). The van der Waals surface area contributed by atoms with Crippen LogP contribution < -0.4 is 20.9 Å². The third kappa shape index (κ3) is 5.17. The Kier molecular flexibility index (Phi) is 7.56. The van der Waals surface area contributed by atoms with Gasteiger partial charge in [-0.15, -0.1) is 0 Å². The molecule has 2 aromatic carbocycles. The Morgan fingerprint density at radius 2 is 1.76 bits per heavy atom. The zero-order valence-corrected chi connectivity index (χ0v) is 20.3. The maximum atomic E-state index is 12.3. The largest absolute Gasteiger partial charge is 0.381 e. The van der Waals surface area contributed by atoms with Crippen LogP contribution in [0.4, 0.5) is 11.4 Å². The van der Waals surface area contributed by atoms with Crippen molar-refractivity contribution in [3.05, 3.63) is 47.5 Å². The van der Waals surface area contributed by atoms with Crippen LogP contribution in [0.2, 0.25) is 0 Å². The van der Waals surface area contributed by atoms with E-state index in [4.69, 9.17) is 10.5 Å². The number of piperidine rings is 1. The highest BCUT2D eigenvalue weighted by Gasteiger charge is 2.24. The first kappa shape index (κ1) is 23.6. The average Bonchev–Trinajstić information content (AvgIpc) is 2.86. The number of benzene rings is 2. The zero-order chi connectivity index (χ0) is 23.4. The fourth-order valence-electron chi connectivity index (χ4n) is 5.33. The van der Waals surface area contributed by atoms with Gasteiger partial charge in [0.2, 0.25) is 5.91 Å². The summed E-state index contributed by atoms with van der Waals surface area (Å²) < 4.78 is 5.58. The Morgan fingerprint density at radius 3 is 2.33 bits per heavy atom. The van der Waals surface area contributed by atoms with E-state index < -0.39 is 0 Å². The van der Waals surface area contributed by atoms with Crippen LogP contribution in [0.25, 0.3) is 11.1 Å². The van der Waals surface area contributed by atoms with Crippen molar-refractivity contribution in [2.75, 3.05) is 49.7 Å². The Morgan fingerprint density at radius 1 is 1.09 bits per heavy atom. The molecule has 2 fully saturated rings. The summed E-state index contributed by atoms with van der Waals surface area (Å²) in [6.45, 7) is 8.79. The molecular formula is C27H38N4O2. The number of carbonyl (C=O) groups excluding carboxylic acids is 1. The van der Waals surface area contributed by atoms with E-state index in [-0.39, 0.29) is 5.91 Å². The number of rotatable bonds is 7. The number of hydrogen-bond acceptors (Lipinski definition) is 5. The summed E-state index contributed by atoms with van der Waals surface area (Å²) in [5, 5.41) is 3.39. The molecule has 178 valence electrons. The van der Waals surface area contributed by atoms with Crippen molar-refractivity contribution in [3.8, 4) is 11.1 Å².